The van der Waals surface area contributed by atoms with Crippen molar-refractivity contribution in [2.45, 2.75) is 39.2 Å². The van der Waals surface area contributed by atoms with E-state index in [1.807, 2.05) is 0 Å². The molecule has 1 aliphatic carbocycles. The first-order valence-corrected chi connectivity index (χ1v) is 9.85. The van der Waals surface area contributed by atoms with Crippen molar-refractivity contribution in [1.29, 1.82) is 0 Å². The number of ether oxygens (including phenoxy) is 1. The molecule has 1 aliphatic rings. The average molecular weight is 404 g/mol. The Labute approximate surface area is 163 Å². The standard InChI is InChI=1S/C20H18F2N2O3S/c1-9-3-5-13-15(7-9)28-19-16(13)18(25)23-17(24-19)10(2)27-20(26)12-6-4-11(21)8-14(12)22/h4,6,8-10H,3,5,7H2,1-2H3,(H,23,24,25)/t9-,10-/m0/s1. The van der Waals surface area contributed by atoms with E-state index in [1.54, 1.807) is 6.92 Å². The third-order valence-corrected chi connectivity index (χ3v) is 6.15. The van der Waals surface area contributed by atoms with Crippen LogP contribution >= 0.6 is 11.3 Å². The Morgan fingerprint density at radius 2 is 2.18 bits per heavy atom. The number of thiophene rings is 1. The molecule has 0 spiro atoms. The van der Waals surface area contributed by atoms with Gasteiger partial charge in [-0.3, -0.25) is 4.79 Å². The van der Waals surface area contributed by atoms with E-state index in [9.17, 15) is 18.4 Å². The smallest absolute Gasteiger partial charge is 0.341 e. The van der Waals surface area contributed by atoms with Gasteiger partial charge in [0.2, 0.25) is 0 Å². The molecule has 1 N–H and O–H groups in total. The van der Waals surface area contributed by atoms with Crippen LogP contribution in [0.3, 0.4) is 0 Å². The summed E-state index contributed by atoms with van der Waals surface area (Å²) < 4.78 is 32.0. The van der Waals surface area contributed by atoms with Crippen LogP contribution in [-0.4, -0.2) is 15.9 Å². The molecule has 0 bridgehead atoms. The van der Waals surface area contributed by atoms with Crippen LogP contribution in [-0.2, 0) is 17.6 Å². The lowest BCUT2D eigenvalue weighted by molar-refractivity contribution is 0.0314. The Morgan fingerprint density at radius 3 is 2.93 bits per heavy atom. The number of carbonyl (C=O) groups is 1. The number of carbonyl (C=O) groups excluding carboxylic acids is 1. The summed E-state index contributed by atoms with van der Waals surface area (Å²) >= 11 is 1.50. The summed E-state index contributed by atoms with van der Waals surface area (Å²) in [6, 6.07) is 2.62. The predicted octanol–water partition coefficient (Wildman–Crippen LogP) is 4.31. The van der Waals surface area contributed by atoms with Gasteiger partial charge >= 0.3 is 5.97 Å². The summed E-state index contributed by atoms with van der Waals surface area (Å²) in [6.45, 7) is 3.73. The quantitative estimate of drug-likeness (QED) is 0.661. The maximum atomic E-state index is 13.8. The van der Waals surface area contributed by atoms with Gasteiger partial charge in [0.05, 0.1) is 10.9 Å². The highest BCUT2D eigenvalue weighted by Gasteiger charge is 2.25. The number of H-pyrrole nitrogens is 1. The van der Waals surface area contributed by atoms with Gasteiger partial charge < -0.3 is 9.72 Å². The summed E-state index contributed by atoms with van der Waals surface area (Å²) in [7, 11) is 0. The van der Waals surface area contributed by atoms with Crippen molar-refractivity contribution in [3.05, 3.63) is 62.0 Å². The zero-order valence-corrected chi connectivity index (χ0v) is 16.2. The normalized spacial score (nSPS) is 17.4. The number of aromatic nitrogens is 2. The number of nitrogens with one attached hydrogen (secondary N) is 1. The number of aryl methyl sites for hydroxylation is 1. The predicted molar refractivity (Wildman–Crippen MR) is 102 cm³/mol. The number of hydrogen-bond acceptors (Lipinski definition) is 5. The van der Waals surface area contributed by atoms with Crippen LogP contribution in [0.1, 0.15) is 53.0 Å². The van der Waals surface area contributed by atoms with Crippen molar-refractivity contribution in [2.24, 2.45) is 5.92 Å². The minimum atomic E-state index is -1.01. The SMILES string of the molecule is C[C@H]1CCc2c(sc3nc([C@H](C)OC(=O)c4ccc(F)cc4F)[nH]c(=O)c23)C1. The fourth-order valence-corrected chi connectivity index (χ4v) is 4.88. The van der Waals surface area contributed by atoms with E-state index in [2.05, 4.69) is 16.9 Å². The van der Waals surface area contributed by atoms with Gasteiger partial charge in [-0.2, -0.15) is 0 Å². The highest BCUT2D eigenvalue weighted by atomic mass is 32.1. The molecule has 5 nitrogen and oxygen atoms in total. The molecule has 28 heavy (non-hydrogen) atoms. The maximum Gasteiger partial charge on any atom is 0.341 e. The summed E-state index contributed by atoms with van der Waals surface area (Å²) in [5, 5.41) is 0.610. The van der Waals surface area contributed by atoms with E-state index in [4.69, 9.17) is 4.74 Å². The molecular formula is C20H18F2N2O3S. The second-order valence-electron chi connectivity index (χ2n) is 7.15. The second kappa shape index (κ2) is 7.09. The van der Waals surface area contributed by atoms with Gasteiger partial charge in [-0.25, -0.2) is 18.6 Å². The number of benzene rings is 1. The van der Waals surface area contributed by atoms with Crippen LogP contribution in [0.4, 0.5) is 8.78 Å². The third kappa shape index (κ3) is 3.32. The molecule has 0 saturated carbocycles. The van der Waals surface area contributed by atoms with Gasteiger partial charge in [0, 0.05) is 10.9 Å². The van der Waals surface area contributed by atoms with Crippen LogP contribution in [0.15, 0.2) is 23.0 Å². The van der Waals surface area contributed by atoms with Crippen molar-refractivity contribution >= 4 is 27.5 Å². The molecule has 0 fully saturated rings. The molecule has 8 heteroatoms. The van der Waals surface area contributed by atoms with Gasteiger partial charge in [0.15, 0.2) is 11.9 Å². The van der Waals surface area contributed by atoms with E-state index in [-0.39, 0.29) is 16.9 Å². The number of hydrogen-bond donors (Lipinski definition) is 1. The fraction of sp³-hybridized carbons (Fsp3) is 0.350. The van der Waals surface area contributed by atoms with Gasteiger partial charge in [-0.1, -0.05) is 6.92 Å². The molecule has 0 unspecified atom stereocenters. The number of halogens is 2. The zero-order chi connectivity index (χ0) is 20.0. The first-order valence-electron chi connectivity index (χ1n) is 9.04. The van der Waals surface area contributed by atoms with Gasteiger partial charge in [-0.15, -0.1) is 11.3 Å². The minimum Gasteiger partial charge on any atom is -0.451 e. The minimum absolute atomic E-state index is 0.194. The van der Waals surface area contributed by atoms with Gasteiger partial charge in [-0.05, 0) is 49.8 Å². The largest absolute Gasteiger partial charge is 0.451 e. The summed E-state index contributed by atoms with van der Waals surface area (Å²) in [6.07, 6.45) is 1.93. The Kier molecular flexibility index (Phi) is 4.74. The number of fused-ring (bicyclic) bond motifs is 3. The van der Waals surface area contributed by atoms with Crippen LogP contribution in [0.2, 0.25) is 0 Å². The van der Waals surface area contributed by atoms with Gasteiger partial charge in [0.1, 0.15) is 16.5 Å². The van der Waals surface area contributed by atoms with Crippen LogP contribution in [0.5, 0.6) is 0 Å². The number of rotatable bonds is 3. The van der Waals surface area contributed by atoms with Crippen molar-refractivity contribution in [3.8, 4) is 0 Å². The Morgan fingerprint density at radius 1 is 1.39 bits per heavy atom. The van der Waals surface area contributed by atoms with E-state index in [0.29, 0.717) is 22.2 Å². The van der Waals surface area contributed by atoms with Crippen LogP contribution < -0.4 is 5.56 Å². The topological polar surface area (TPSA) is 72.0 Å². The zero-order valence-electron chi connectivity index (χ0n) is 15.3. The average Bonchev–Trinajstić information content (AvgIpc) is 2.99. The molecule has 2 heterocycles. The maximum absolute atomic E-state index is 13.8. The monoisotopic (exact) mass is 404 g/mol. The lowest BCUT2D eigenvalue weighted by Gasteiger charge is -2.17. The van der Waals surface area contributed by atoms with E-state index in [0.717, 1.165) is 37.0 Å². The molecule has 4 rings (SSSR count). The molecule has 0 aliphatic heterocycles. The number of nitrogens with zero attached hydrogens (tertiary/aromatic N) is 1. The van der Waals surface area contributed by atoms with Crippen molar-refractivity contribution < 1.29 is 18.3 Å². The van der Waals surface area contributed by atoms with Gasteiger partial charge in [0.25, 0.3) is 5.56 Å². The van der Waals surface area contributed by atoms with E-state index < -0.39 is 23.7 Å². The second-order valence-corrected chi connectivity index (χ2v) is 8.24. The molecule has 0 amide bonds. The highest BCUT2D eigenvalue weighted by molar-refractivity contribution is 7.18. The fourth-order valence-electron chi connectivity index (χ4n) is 3.49. The van der Waals surface area contributed by atoms with Crippen LogP contribution in [0.25, 0.3) is 10.2 Å². The first-order chi connectivity index (χ1) is 13.3. The summed E-state index contributed by atoms with van der Waals surface area (Å²) in [5.74, 6) is -1.97. The van der Waals surface area contributed by atoms with Crippen molar-refractivity contribution in [2.75, 3.05) is 0 Å². The Balaban J connectivity index is 1.63. The molecule has 2 aromatic heterocycles. The molecule has 0 saturated heterocycles. The molecule has 1 aromatic carbocycles. The third-order valence-electron chi connectivity index (χ3n) is 5.00. The first kappa shape index (κ1) is 18.7. The molecular weight excluding hydrogens is 386 g/mol. The molecule has 3 aromatic rings. The molecule has 0 radical (unpaired) electrons. The summed E-state index contributed by atoms with van der Waals surface area (Å²) in [4.78, 5) is 33.8. The van der Waals surface area contributed by atoms with Crippen LogP contribution in [0, 0.1) is 17.6 Å². The van der Waals surface area contributed by atoms with E-state index in [1.165, 1.54) is 16.2 Å². The van der Waals surface area contributed by atoms with Crippen molar-refractivity contribution in [1.82, 2.24) is 9.97 Å². The highest BCUT2D eigenvalue weighted by Crippen LogP contribution is 2.36. The van der Waals surface area contributed by atoms with Crippen molar-refractivity contribution in [3.63, 3.8) is 0 Å². The number of aromatic amines is 1. The molecule has 2 atom stereocenters. The lowest BCUT2D eigenvalue weighted by Crippen LogP contribution is -2.18. The van der Waals surface area contributed by atoms with E-state index >= 15 is 0 Å². The molecule has 146 valence electrons. The lowest BCUT2D eigenvalue weighted by atomic mass is 9.89. The Bertz CT molecular complexity index is 1140. The number of esters is 1. The summed E-state index contributed by atoms with van der Waals surface area (Å²) in [5.41, 5.74) is 0.427. The Hall–Kier alpha value is -2.61.